The number of hydrogen-bond acceptors (Lipinski definition) is 2. The summed E-state index contributed by atoms with van der Waals surface area (Å²) in [5, 5.41) is 7.42. The SMILES string of the molecule is CCOc1ccc(Cl)cc1CCNC(=NC)NC1CC1.I. The first-order chi connectivity index (χ1) is 9.72. The van der Waals surface area contributed by atoms with E-state index in [4.69, 9.17) is 16.3 Å². The Balaban J connectivity index is 0.00000220. The van der Waals surface area contributed by atoms with E-state index >= 15 is 0 Å². The molecule has 0 saturated heterocycles. The molecule has 118 valence electrons. The molecule has 21 heavy (non-hydrogen) atoms. The van der Waals surface area contributed by atoms with Crippen LogP contribution in [0, 0.1) is 0 Å². The van der Waals surface area contributed by atoms with Crippen LogP contribution in [0.1, 0.15) is 25.3 Å². The molecule has 4 nitrogen and oxygen atoms in total. The molecule has 2 N–H and O–H groups in total. The van der Waals surface area contributed by atoms with E-state index in [0.29, 0.717) is 12.6 Å². The maximum absolute atomic E-state index is 6.05. The van der Waals surface area contributed by atoms with Crippen LogP contribution < -0.4 is 15.4 Å². The lowest BCUT2D eigenvalue weighted by Crippen LogP contribution is -2.39. The lowest BCUT2D eigenvalue weighted by atomic mass is 10.1. The predicted octanol–water partition coefficient (Wildman–Crippen LogP) is 3.23. The van der Waals surface area contributed by atoms with Gasteiger partial charge in [-0.25, -0.2) is 0 Å². The highest BCUT2D eigenvalue weighted by molar-refractivity contribution is 14.0. The van der Waals surface area contributed by atoms with E-state index in [1.165, 1.54) is 12.8 Å². The maximum Gasteiger partial charge on any atom is 0.191 e. The van der Waals surface area contributed by atoms with Crippen molar-refractivity contribution < 1.29 is 4.74 Å². The molecule has 1 aromatic rings. The zero-order chi connectivity index (χ0) is 14.4. The standard InChI is InChI=1S/C15H22ClN3O.HI/c1-3-20-14-7-4-12(16)10-11(14)8-9-18-15(17-2)19-13-5-6-13;/h4,7,10,13H,3,5-6,8-9H2,1-2H3,(H2,17,18,19);1H. The van der Waals surface area contributed by atoms with Gasteiger partial charge in [0.1, 0.15) is 5.75 Å². The highest BCUT2D eigenvalue weighted by atomic mass is 127. The minimum absolute atomic E-state index is 0. The Morgan fingerprint density at radius 1 is 1.43 bits per heavy atom. The van der Waals surface area contributed by atoms with E-state index in [1.807, 2.05) is 25.1 Å². The summed E-state index contributed by atoms with van der Waals surface area (Å²) in [5.74, 6) is 1.77. The quantitative estimate of drug-likeness (QED) is 0.419. The molecule has 0 unspecified atom stereocenters. The van der Waals surface area contributed by atoms with E-state index in [2.05, 4.69) is 15.6 Å². The first kappa shape index (κ1) is 18.4. The topological polar surface area (TPSA) is 45.6 Å². The van der Waals surface area contributed by atoms with Gasteiger partial charge >= 0.3 is 0 Å². The number of rotatable bonds is 6. The minimum atomic E-state index is 0. The van der Waals surface area contributed by atoms with Crippen molar-refractivity contribution in [1.29, 1.82) is 0 Å². The Hall–Kier alpha value is -0.690. The second kappa shape index (κ2) is 9.35. The zero-order valence-electron chi connectivity index (χ0n) is 12.5. The molecule has 0 spiro atoms. The Bertz CT molecular complexity index is 478. The summed E-state index contributed by atoms with van der Waals surface area (Å²) in [6.07, 6.45) is 3.33. The van der Waals surface area contributed by atoms with E-state index < -0.39 is 0 Å². The van der Waals surface area contributed by atoms with E-state index in [1.54, 1.807) is 7.05 Å². The predicted molar refractivity (Wildman–Crippen MR) is 99.3 cm³/mol. The van der Waals surface area contributed by atoms with Crippen molar-refractivity contribution in [3.05, 3.63) is 28.8 Å². The van der Waals surface area contributed by atoms with Gasteiger partial charge in [-0.1, -0.05) is 11.6 Å². The van der Waals surface area contributed by atoms with Gasteiger partial charge in [0.15, 0.2) is 5.96 Å². The van der Waals surface area contributed by atoms with Crippen LogP contribution in [0.2, 0.25) is 5.02 Å². The van der Waals surface area contributed by atoms with Crippen LogP contribution >= 0.6 is 35.6 Å². The zero-order valence-corrected chi connectivity index (χ0v) is 15.6. The summed E-state index contributed by atoms with van der Waals surface area (Å²) in [4.78, 5) is 4.21. The average Bonchev–Trinajstić information content (AvgIpc) is 3.24. The normalized spacial score (nSPS) is 14.3. The number of aliphatic imine (C=N–C) groups is 1. The van der Waals surface area contributed by atoms with Gasteiger partial charge in [0.25, 0.3) is 0 Å². The van der Waals surface area contributed by atoms with Crippen molar-refractivity contribution in [3.8, 4) is 5.75 Å². The fraction of sp³-hybridized carbons (Fsp3) is 0.533. The first-order valence-electron chi connectivity index (χ1n) is 7.11. The van der Waals surface area contributed by atoms with Gasteiger partial charge in [0.05, 0.1) is 6.61 Å². The molecule has 0 heterocycles. The molecule has 0 aromatic heterocycles. The van der Waals surface area contributed by atoms with E-state index in [0.717, 1.165) is 35.3 Å². The van der Waals surface area contributed by atoms with Crippen molar-refractivity contribution in [2.24, 2.45) is 4.99 Å². The summed E-state index contributed by atoms with van der Waals surface area (Å²) < 4.78 is 5.62. The molecule has 0 atom stereocenters. The molecule has 2 rings (SSSR count). The second-order valence-electron chi connectivity index (χ2n) is 4.85. The number of nitrogens with one attached hydrogen (secondary N) is 2. The average molecular weight is 424 g/mol. The van der Waals surface area contributed by atoms with Gasteiger partial charge in [-0.15, -0.1) is 24.0 Å². The Labute approximate surface area is 148 Å². The minimum Gasteiger partial charge on any atom is -0.494 e. The highest BCUT2D eigenvalue weighted by Gasteiger charge is 2.21. The van der Waals surface area contributed by atoms with E-state index in [9.17, 15) is 0 Å². The molecule has 6 heteroatoms. The van der Waals surface area contributed by atoms with Crippen molar-refractivity contribution in [3.63, 3.8) is 0 Å². The molecule has 1 fully saturated rings. The Kier molecular flexibility index (Phi) is 8.18. The molecule has 1 aliphatic carbocycles. The first-order valence-corrected chi connectivity index (χ1v) is 7.49. The fourth-order valence-electron chi connectivity index (χ4n) is 1.97. The molecule has 0 bridgehead atoms. The fourth-order valence-corrected chi connectivity index (χ4v) is 2.17. The van der Waals surface area contributed by atoms with Gasteiger partial charge in [-0.2, -0.15) is 0 Å². The Morgan fingerprint density at radius 3 is 2.81 bits per heavy atom. The number of nitrogens with zero attached hydrogens (tertiary/aromatic N) is 1. The van der Waals surface area contributed by atoms with Gasteiger partial charge < -0.3 is 15.4 Å². The maximum atomic E-state index is 6.05. The molecular formula is C15H23ClIN3O. The Morgan fingerprint density at radius 2 is 2.19 bits per heavy atom. The molecule has 1 aliphatic rings. The van der Waals surface area contributed by atoms with Crippen molar-refractivity contribution in [2.75, 3.05) is 20.2 Å². The van der Waals surface area contributed by atoms with Crippen LogP contribution in [0.15, 0.2) is 23.2 Å². The third kappa shape index (κ3) is 6.30. The third-order valence-corrected chi connectivity index (χ3v) is 3.39. The third-order valence-electron chi connectivity index (χ3n) is 3.15. The van der Waals surface area contributed by atoms with Crippen LogP contribution in [0.25, 0.3) is 0 Å². The van der Waals surface area contributed by atoms with Gasteiger partial charge in [-0.3, -0.25) is 4.99 Å². The largest absolute Gasteiger partial charge is 0.494 e. The summed E-state index contributed by atoms with van der Waals surface area (Å²) in [7, 11) is 1.79. The second-order valence-corrected chi connectivity index (χ2v) is 5.29. The van der Waals surface area contributed by atoms with Gasteiger partial charge in [-0.05, 0) is 49.9 Å². The number of guanidine groups is 1. The van der Waals surface area contributed by atoms with Crippen LogP contribution in [0.4, 0.5) is 0 Å². The van der Waals surface area contributed by atoms with Crippen LogP contribution in [0.3, 0.4) is 0 Å². The summed E-state index contributed by atoms with van der Waals surface area (Å²) >= 11 is 6.05. The monoisotopic (exact) mass is 423 g/mol. The summed E-state index contributed by atoms with van der Waals surface area (Å²) in [6.45, 7) is 3.44. The van der Waals surface area contributed by atoms with Crippen molar-refractivity contribution in [2.45, 2.75) is 32.2 Å². The smallest absolute Gasteiger partial charge is 0.191 e. The van der Waals surface area contributed by atoms with E-state index in [-0.39, 0.29) is 24.0 Å². The van der Waals surface area contributed by atoms with Crippen molar-refractivity contribution >= 4 is 41.5 Å². The van der Waals surface area contributed by atoms with Crippen LogP contribution in [0.5, 0.6) is 5.75 Å². The van der Waals surface area contributed by atoms with Crippen LogP contribution in [-0.4, -0.2) is 32.2 Å². The number of benzene rings is 1. The summed E-state index contributed by atoms with van der Waals surface area (Å²) in [5.41, 5.74) is 1.12. The number of halogens is 2. The molecule has 1 aromatic carbocycles. The van der Waals surface area contributed by atoms with Gasteiger partial charge in [0.2, 0.25) is 0 Å². The lowest BCUT2D eigenvalue weighted by molar-refractivity contribution is 0.336. The molecule has 0 amide bonds. The van der Waals surface area contributed by atoms with Gasteiger partial charge in [0, 0.05) is 24.7 Å². The highest BCUT2D eigenvalue weighted by Crippen LogP contribution is 2.23. The molecule has 1 saturated carbocycles. The summed E-state index contributed by atoms with van der Waals surface area (Å²) in [6, 6.07) is 6.35. The lowest BCUT2D eigenvalue weighted by Gasteiger charge is -2.13. The number of ether oxygens (including phenoxy) is 1. The van der Waals surface area contributed by atoms with Crippen molar-refractivity contribution in [1.82, 2.24) is 10.6 Å². The molecule has 0 radical (unpaired) electrons. The molecule has 0 aliphatic heterocycles. The number of hydrogen-bond donors (Lipinski definition) is 2. The molecular weight excluding hydrogens is 401 g/mol. The van der Waals surface area contributed by atoms with Crippen LogP contribution in [-0.2, 0) is 6.42 Å².